The highest BCUT2D eigenvalue weighted by atomic mass is 35.5. The fourth-order valence-electron chi connectivity index (χ4n) is 6.64. The third-order valence-corrected chi connectivity index (χ3v) is 11.2. The van der Waals surface area contributed by atoms with Crippen molar-refractivity contribution in [3.05, 3.63) is 69.1 Å². The fourth-order valence-corrected chi connectivity index (χ4v) is 8.74. The van der Waals surface area contributed by atoms with Crippen LogP contribution in [0.1, 0.15) is 63.1 Å². The third kappa shape index (κ3) is 5.10. The minimum absolute atomic E-state index is 0.130. The minimum Gasteiger partial charge on any atom is -0.358 e. The Kier molecular flexibility index (Phi) is 7.79. The van der Waals surface area contributed by atoms with Gasteiger partial charge in [-0.25, -0.2) is 0 Å². The number of thioether (sulfide) groups is 2. The monoisotopic (exact) mass is 638 g/mol. The second kappa shape index (κ2) is 11.1. The number of halogens is 1. The number of likely N-dealkylation sites (tertiary alicyclic amines) is 1. The lowest BCUT2D eigenvalue weighted by Gasteiger charge is -2.49. The Morgan fingerprint density at radius 1 is 1.10 bits per heavy atom. The maximum absolute atomic E-state index is 14.1. The van der Waals surface area contributed by atoms with Crippen molar-refractivity contribution in [2.24, 2.45) is 4.99 Å². The van der Waals surface area contributed by atoms with Gasteiger partial charge in [-0.15, -0.1) is 0 Å². The number of para-hydroxylation sites is 1. The average molecular weight is 639 g/mol. The zero-order valence-electron chi connectivity index (χ0n) is 23.7. The predicted octanol–water partition coefficient (Wildman–Crippen LogP) is 6.14. The van der Waals surface area contributed by atoms with Crippen LogP contribution < -0.4 is 10.2 Å². The lowest BCUT2D eigenvalue weighted by atomic mass is 9.65. The molecular weight excluding hydrogens is 608 g/mol. The number of carbonyl (C=O) groups excluding carboxylic acids is 3. The molecule has 1 saturated heterocycles. The van der Waals surface area contributed by atoms with Gasteiger partial charge in [-0.05, 0) is 74.6 Å². The van der Waals surface area contributed by atoms with Gasteiger partial charge < -0.3 is 15.1 Å². The van der Waals surface area contributed by atoms with E-state index in [0.717, 1.165) is 54.5 Å². The highest BCUT2D eigenvalue weighted by molar-refractivity contribution is 8.23. The van der Waals surface area contributed by atoms with Crippen LogP contribution in [0.25, 0.3) is 5.57 Å². The molecule has 4 aliphatic heterocycles. The molecule has 4 heterocycles. The molecule has 4 aliphatic rings. The summed E-state index contributed by atoms with van der Waals surface area (Å²) < 4.78 is 0.715. The molecule has 7 nitrogen and oxygen atoms in total. The van der Waals surface area contributed by atoms with Crippen molar-refractivity contribution in [2.75, 3.05) is 23.7 Å². The number of rotatable bonds is 3. The van der Waals surface area contributed by atoms with Crippen LogP contribution in [0, 0.1) is 0 Å². The number of hydrogen-bond donors (Lipinski definition) is 1. The molecule has 0 saturated carbocycles. The molecular formula is C31H31ClN4O3S3. The summed E-state index contributed by atoms with van der Waals surface area (Å²) in [5.41, 5.74) is 3.09. The summed E-state index contributed by atoms with van der Waals surface area (Å²) in [7, 11) is 0. The van der Waals surface area contributed by atoms with E-state index in [0.29, 0.717) is 26.9 Å². The van der Waals surface area contributed by atoms with Crippen LogP contribution in [0.5, 0.6) is 0 Å². The molecule has 11 heteroatoms. The number of nitrogens with zero attached hydrogens (tertiary/aromatic N) is 3. The van der Waals surface area contributed by atoms with E-state index in [2.05, 4.69) is 42.0 Å². The van der Waals surface area contributed by atoms with E-state index in [1.54, 1.807) is 0 Å². The molecule has 218 valence electrons. The first-order valence-electron chi connectivity index (χ1n) is 14.0. The van der Waals surface area contributed by atoms with Gasteiger partial charge in [0.05, 0.1) is 21.9 Å². The van der Waals surface area contributed by atoms with Gasteiger partial charge in [-0.2, -0.15) is 4.99 Å². The predicted molar refractivity (Wildman–Crippen MR) is 176 cm³/mol. The Labute approximate surface area is 264 Å². The summed E-state index contributed by atoms with van der Waals surface area (Å²) >= 11 is 14.1. The summed E-state index contributed by atoms with van der Waals surface area (Å²) in [6, 6.07) is 13.8. The lowest BCUT2D eigenvalue weighted by molar-refractivity contribution is -0.117. The van der Waals surface area contributed by atoms with Crippen LogP contribution in [0.2, 0.25) is 5.02 Å². The number of piperidine rings is 1. The molecule has 1 unspecified atom stereocenters. The molecule has 0 aliphatic carbocycles. The molecule has 0 bridgehead atoms. The average Bonchev–Trinajstić information content (AvgIpc) is 3.46. The highest BCUT2D eigenvalue weighted by Gasteiger charge is 2.53. The Bertz CT molecular complexity index is 1580. The van der Waals surface area contributed by atoms with E-state index in [4.69, 9.17) is 23.8 Å². The number of carbonyl (C=O) groups is 3. The van der Waals surface area contributed by atoms with Crippen molar-refractivity contribution in [2.45, 2.75) is 57.4 Å². The number of anilines is 1. The number of thiocarbonyl (C=S) groups is 1. The van der Waals surface area contributed by atoms with Gasteiger partial charge in [0.2, 0.25) is 5.91 Å². The van der Waals surface area contributed by atoms with Crippen molar-refractivity contribution in [3.8, 4) is 0 Å². The maximum atomic E-state index is 14.1. The van der Waals surface area contributed by atoms with Gasteiger partial charge >= 0.3 is 0 Å². The topological polar surface area (TPSA) is 82.1 Å². The molecule has 1 N–H and O–H groups in total. The summed E-state index contributed by atoms with van der Waals surface area (Å²) in [5, 5.41) is 3.60. The van der Waals surface area contributed by atoms with Gasteiger partial charge in [0.25, 0.3) is 11.8 Å². The van der Waals surface area contributed by atoms with Gasteiger partial charge in [0.1, 0.15) is 4.32 Å². The summed E-state index contributed by atoms with van der Waals surface area (Å²) in [6.07, 6.45) is 4.11. The summed E-state index contributed by atoms with van der Waals surface area (Å²) in [6.45, 7) is 8.16. The molecule has 6 rings (SSSR count). The molecule has 2 aromatic rings. The van der Waals surface area contributed by atoms with Gasteiger partial charge in [-0.3, -0.25) is 14.4 Å². The standard InChI is InChI=1S/C31H31ClN4O3S3/c1-30(2)17-31(3,18-10-12-19(32)13-11-18)21-9-7-8-20-23(27(39)36(30)24(20)21)25-26(38)34-28(42-25)33-22(37)16-41-29(40)35-14-5-4-6-15-35/h7-13H,4-6,14-17H2,1-3H3,(H,33,34,37,38). The first-order valence-corrected chi connectivity index (χ1v) is 16.6. The van der Waals surface area contributed by atoms with Crippen molar-refractivity contribution >= 4 is 85.8 Å². The van der Waals surface area contributed by atoms with Crippen LogP contribution >= 0.6 is 47.3 Å². The Balaban J connectivity index is 1.27. The van der Waals surface area contributed by atoms with Crippen LogP contribution in [0.4, 0.5) is 5.69 Å². The number of benzene rings is 2. The van der Waals surface area contributed by atoms with Crippen LogP contribution in [-0.2, 0) is 19.8 Å². The van der Waals surface area contributed by atoms with Crippen LogP contribution in [0.15, 0.2) is 52.4 Å². The normalized spacial score (nSPS) is 24.5. The van der Waals surface area contributed by atoms with Crippen molar-refractivity contribution in [1.29, 1.82) is 0 Å². The van der Waals surface area contributed by atoms with Gasteiger partial charge in [0, 0.05) is 34.6 Å². The van der Waals surface area contributed by atoms with Crippen molar-refractivity contribution in [1.82, 2.24) is 10.2 Å². The fraction of sp³-hybridized carbons (Fsp3) is 0.387. The molecule has 0 radical (unpaired) electrons. The van der Waals surface area contributed by atoms with Crippen molar-refractivity contribution in [3.63, 3.8) is 0 Å². The van der Waals surface area contributed by atoms with E-state index >= 15 is 0 Å². The molecule has 0 spiro atoms. The number of nitrogens with one attached hydrogen (secondary N) is 1. The highest BCUT2D eigenvalue weighted by Crippen LogP contribution is 2.57. The van der Waals surface area contributed by atoms with E-state index in [1.807, 2.05) is 41.3 Å². The van der Waals surface area contributed by atoms with Crippen LogP contribution in [0.3, 0.4) is 0 Å². The van der Waals surface area contributed by atoms with Crippen LogP contribution in [-0.4, -0.2) is 56.5 Å². The quantitative estimate of drug-likeness (QED) is 0.320. The first kappa shape index (κ1) is 29.4. The second-order valence-electron chi connectivity index (χ2n) is 11.8. The largest absolute Gasteiger partial charge is 0.358 e. The van der Waals surface area contributed by atoms with E-state index in [-0.39, 0.29) is 33.1 Å². The zero-order chi connectivity index (χ0) is 29.8. The number of amides is 3. The SMILES string of the molecule is CC1(c2ccc(Cl)cc2)CC(C)(C)N2C(=O)C(=C3SC(NC(=O)CSC(=S)N4CCCCC4)=NC3=O)c3cccc1c32. The lowest BCUT2D eigenvalue weighted by Crippen LogP contribution is -2.54. The number of amidine groups is 1. The third-order valence-electron chi connectivity index (χ3n) is 8.42. The van der Waals surface area contributed by atoms with E-state index in [1.165, 1.54) is 18.2 Å². The Morgan fingerprint density at radius 3 is 2.52 bits per heavy atom. The molecule has 2 aromatic carbocycles. The molecule has 3 amide bonds. The van der Waals surface area contributed by atoms with E-state index < -0.39 is 11.4 Å². The Morgan fingerprint density at radius 2 is 1.81 bits per heavy atom. The Hall–Kier alpha value is -2.66. The first-order chi connectivity index (χ1) is 20.0. The molecule has 1 atom stereocenters. The molecule has 0 aromatic heterocycles. The smallest absolute Gasteiger partial charge is 0.287 e. The second-order valence-corrected chi connectivity index (χ2v) is 14.9. The maximum Gasteiger partial charge on any atom is 0.287 e. The summed E-state index contributed by atoms with van der Waals surface area (Å²) in [5.74, 6) is -0.900. The number of aliphatic imine (C=N–C) groups is 1. The molecule has 42 heavy (non-hydrogen) atoms. The summed E-state index contributed by atoms with van der Waals surface area (Å²) in [4.78, 5) is 48.3. The zero-order valence-corrected chi connectivity index (χ0v) is 26.9. The van der Waals surface area contributed by atoms with Gasteiger partial charge in [-0.1, -0.05) is 72.8 Å². The van der Waals surface area contributed by atoms with Crippen molar-refractivity contribution < 1.29 is 14.4 Å². The number of hydrogen-bond acceptors (Lipinski definition) is 6. The molecule has 1 fully saturated rings. The van der Waals surface area contributed by atoms with E-state index in [9.17, 15) is 14.4 Å². The minimum atomic E-state index is -0.537. The van der Waals surface area contributed by atoms with Gasteiger partial charge in [0.15, 0.2) is 5.17 Å².